The number of carbonyl (C=O) groups excluding carboxylic acids is 1. The van der Waals surface area contributed by atoms with Gasteiger partial charge >= 0.3 is 0 Å². The number of sulfonamides is 1. The van der Waals surface area contributed by atoms with E-state index in [2.05, 4.69) is 20.4 Å². The van der Waals surface area contributed by atoms with E-state index in [0.29, 0.717) is 18.9 Å². The lowest BCUT2D eigenvalue weighted by molar-refractivity contribution is 0.101. The molecule has 1 aromatic carbocycles. The van der Waals surface area contributed by atoms with E-state index in [1.165, 1.54) is 27.0 Å². The van der Waals surface area contributed by atoms with Crippen molar-refractivity contribution in [1.82, 2.24) is 23.9 Å². The van der Waals surface area contributed by atoms with E-state index in [-0.39, 0.29) is 21.4 Å². The molecule has 11 heteroatoms. The van der Waals surface area contributed by atoms with E-state index in [0.717, 1.165) is 11.4 Å². The maximum absolute atomic E-state index is 12.7. The number of hydrogen-bond acceptors (Lipinski definition) is 6. The minimum absolute atomic E-state index is 0.0389. The molecule has 3 rings (SSSR count). The molecule has 9 nitrogen and oxygen atoms in total. The quantitative estimate of drug-likeness (QED) is 0.636. The predicted octanol–water partition coefficient (Wildman–Crippen LogP) is 2.68. The fraction of sp³-hybridized carbons (Fsp3) is 0.333. The number of nitrogens with one attached hydrogen (secondary N) is 1. The molecule has 0 saturated carbocycles. The molecule has 0 aliphatic heterocycles. The third kappa shape index (κ3) is 4.09. The highest BCUT2D eigenvalue weighted by atomic mass is 35.5. The topological polar surface area (TPSA) is 110 Å². The van der Waals surface area contributed by atoms with Crippen LogP contribution in [0.2, 0.25) is 5.02 Å². The lowest BCUT2D eigenvalue weighted by atomic mass is 10.3. The van der Waals surface area contributed by atoms with Crippen molar-refractivity contribution in [2.75, 3.05) is 18.4 Å². The van der Waals surface area contributed by atoms with Crippen molar-refractivity contribution >= 4 is 39.0 Å². The summed E-state index contributed by atoms with van der Waals surface area (Å²) >= 11 is 6.17. The van der Waals surface area contributed by atoms with Crippen LogP contribution in [0.5, 0.6) is 0 Å². The van der Waals surface area contributed by atoms with Gasteiger partial charge in [0.15, 0.2) is 0 Å². The van der Waals surface area contributed by atoms with Gasteiger partial charge in [0.05, 0.1) is 15.6 Å². The van der Waals surface area contributed by atoms with Gasteiger partial charge in [-0.2, -0.15) is 9.29 Å². The van der Waals surface area contributed by atoms with Crippen molar-refractivity contribution in [3.05, 3.63) is 46.5 Å². The van der Waals surface area contributed by atoms with Gasteiger partial charge in [-0.1, -0.05) is 25.4 Å². The van der Waals surface area contributed by atoms with Gasteiger partial charge in [-0.3, -0.25) is 4.79 Å². The van der Waals surface area contributed by atoms with Crippen molar-refractivity contribution < 1.29 is 13.2 Å². The largest absolute Gasteiger partial charge is 0.318 e. The summed E-state index contributed by atoms with van der Waals surface area (Å²) < 4.78 is 28.3. The van der Waals surface area contributed by atoms with Crippen LogP contribution in [0.1, 0.15) is 35.9 Å². The summed E-state index contributed by atoms with van der Waals surface area (Å²) in [5, 5.41) is 6.96. The molecule has 0 saturated heterocycles. The zero-order chi connectivity index (χ0) is 21.3. The second-order valence-corrected chi connectivity index (χ2v) is 8.72. The second-order valence-electron chi connectivity index (χ2n) is 6.37. The summed E-state index contributed by atoms with van der Waals surface area (Å²) in [6, 6.07) is 5.99. The van der Waals surface area contributed by atoms with Crippen LogP contribution >= 0.6 is 11.6 Å². The maximum Gasteiger partial charge on any atom is 0.295 e. The minimum Gasteiger partial charge on any atom is -0.318 e. The molecular weight excluding hydrogens is 416 g/mol. The monoisotopic (exact) mass is 436 g/mol. The van der Waals surface area contributed by atoms with Crippen LogP contribution in [0.25, 0.3) is 5.78 Å². The molecule has 0 atom stereocenters. The summed E-state index contributed by atoms with van der Waals surface area (Å²) in [7, 11) is -3.69. The van der Waals surface area contributed by atoms with Crippen molar-refractivity contribution in [2.24, 2.45) is 0 Å². The zero-order valence-corrected chi connectivity index (χ0v) is 18.0. The Morgan fingerprint density at radius 1 is 1.17 bits per heavy atom. The SMILES string of the molecule is CCN(CC)S(=O)(=O)c1ccc(Cl)c(NC(=O)c2nc3nc(C)cc(C)n3n2)c1. The molecule has 2 aromatic heterocycles. The molecular formula is C18H21ClN6O3S. The Morgan fingerprint density at radius 3 is 2.52 bits per heavy atom. The molecule has 0 radical (unpaired) electrons. The number of anilines is 1. The number of hydrogen-bond donors (Lipinski definition) is 1. The van der Waals surface area contributed by atoms with Crippen LogP contribution < -0.4 is 5.32 Å². The molecule has 1 amide bonds. The molecule has 1 N–H and O–H groups in total. The van der Waals surface area contributed by atoms with Gasteiger partial charge in [0.2, 0.25) is 15.8 Å². The number of benzene rings is 1. The van der Waals surface area contributed by atoms with Crippen molar-refractivity contribution in [3.63, 3.8) is 0 Å². The predicted molar refractivity (Wildman–Crippen MR) is 110 cm³/mol. The van der Waals surface area contributed by atoms with E-state index in [1.807, 2.05) is 19.9 Å². The van der Waals surface area contributed by atoms with Crippen LogP contribution in [0.4, 0.5) is 5.69 Å². The van der Waals surface area contributed by atoms with E-state index in [4.69, 9.17) is 11.6 Å². The Kier molecular flexibility index (Phi) is 5.87. The van der Waals surface area contributed by atoms with Gasteiger partial charge in [-0.05, 0) is 38.1 Å². The maximum atomic E-state index is 12.7. The molecule has 0 unspecified atom stereocenters. The Labute approximate surface area is 173 Å². The summed E-state index contributed by atoms with van der Waals surface area (Å²) in [5.74, 6) is -0.414. The van der Waals surface area contributed by atoms with Crippen molar-refractivity contribution in [3.8, 4) is 0 Å². The number of nitrogens with zero attached hydrogens (tertiary/aromatic N) is 5. The van der Waals surface area contributed by atoms with Crippen LogP contribution in [0, 0.1) is 13.8 Å². The summed E-state index contributed by atoms with van der Waals surface area (Å²) in [6.45, 7) is 7.83. The fourth-order valence-corrected chi connectivity index (χ4v) is 4.56. The summed E-state index contributed by atoms with van der Waals surface area (Å²) in [4.78, 5) is 21.1. The number of aryl methyl sites for hydroxylation is 2. The molecule has 0 bridgehead atoms. The van der Waals surface area contributed by atoms with Gasteiger partial charge < -0.3 is 5.32 Å². The molecule has 0 spiro atoms. The highest BCUT2D eigenvalue weighted by molar-refractivity contribution is 7.89. The molecule has 29 heavy (non-hydrogen) atoms. The molecule has 0 aliphatic carbocycles. The Bertz CT molecular complexity index is 1190. The minimum atomic E-state index is -3.69. The van der Waals surface area contributed by atoms with Crippen LogP contribution in [-0.4, -0.2) is 51.3 Å². The van der Waals surface area contributed by atoms with E-state index >= 15 is 0 Å². The first-order chi connectivity index (χ1) is 13.7. The lowest BCUT2D eigenvalue weighted by Crippen LogP contribution is -2.30. The van der Waals surface area contributed by atoms with Gasteiger partial charge in [0, 0.05) is 24.5 Å². The molecule has 2 heterocycles. The number of halogens is 1. The van der Waals surface area contributed by atoms with Gasteiger partial charge in [0.1, 0.15) is 0 Å². The van der Waals surface area contributed by atoms with E-state index in [1.54, 1.807) is 13.8 Å². The first-order valence-corrected chi connectivity index (χ1v) is 10.8. The Balaban J connectivity index is 1.94. The van der Waals surface area contributed by atoms with Crippen LogP contribution in [0.15, 0.2) is 29.2 Å². The average Bonchev–Trinajstić information content (AvgIpc) is 3.08. The highest BCUT2D eigenvalue weighted by Crippen LogP contribution is 2.27. The van der Waals surface area contributed by atoms with Gasteiger partial charge in [-0.25, -0.2) is 17.9 Å². The molecule has 0 fully saturated rings. The number of fused-ring (bicyclic) bond motifs is 1. The van der Waals surface area contributed by atoms with E-state index in [9.17, 15) is 13.2 Å². The second kappa shape index (κ2) is 8.05. The standard InChI is InChI=1S/C18H21ClN6O3S/c1-5-24(6-2)29(27,28)13-7-8-14(19)15(10-13)21-17(26)16-22-18-20-11(3)9-12(4)25(18)23-16/h7-10H,5-6H2,1-4H3,(H,21,26). The lowest BCUT2D eigenvalue weighted by Gasteiger charge is -2.19. The molecule has 0 aliphatic rings. The van der Waals surface area contributed by atoms with Gasteiger partial charge in [0.25, 0.3) is 11.7 Å². The fourth-order valence-electron chi connectivity index (χ4n) is 2.91. The number of carbonyl (C=O) groups is 1. The average molecular weight is 437 g/mol. The molecule has 154 valence electrons. The number of aromatic nitrogens is 4. The zero-order valence-electron chi connectivity index (χ0n) is 16.5. The van der Waals surface area contributed by atoms with Crippen molar-refractivity contribution in [1.29, 1.82) is 0 Å². The van der Waals surface area contributed by atoms with E-state index < -0.39 is 15.9 Å². The first-order valence-electron chi connectivity index (χ1n) is 8.99. The number of amides is 1. The first kappa shape index (κ1) is 21.2. The normalized spacial score (nSPS) is 11.9. The van der Waals surface area contributed by atoms with Crippen molar-refractivity contribution in [2.45, 2.75) is 32.6 Å². The summed E-state index contributed by atoms with van der Waals surface area (Å²) in [6.07, 6.45) is 0. The smallest absolute Gasteiger partial charge is 0.295 e. The third-order valence-corrected chi connectivity index (χ3v) is 6.73. The molecule has 3 aromatic rings. The van der Waals surface area contributed by atoms with Crippen LogP contribution in [0.3, 0.4) is 0 Å². The Morgan fingerprint density at radius 2 is 1.86 bits per heavy atom. The van der Waals surface area contributed by atoms with Gasteiger partial charge in [-0.15, -0.1) is 5.10 Å². The number of rotatable bonds is 6. The van der Waals surface area contributed by atoms with Crippen LogP contribution in [-0.2, 0) is 10.0 Å². The Hall–Kier alpha value is -2.56. The summed E-state index contributed by atoms with van der Waals surface area (Å²) in [5.41, 5.74) is 1.70. The highest BCUT2D eigenvalue weighted by Gasteiger charge is 2.23. The third-order valence-electron chi connectivity index (χ3n) is 4.35.